The number of nitrogens with zero attached hydrogens (tertiary/aromatic N) is 2. The van der Waals surface area contributed by atoms with E-state index in [0.717, 1.165) is 12.8 Å². The van der Waals surface area contributed by atoms with Crippen LogP contribution in [0.3, 0.4) is 0 Å². The first kappa shape index (κ1) is 16.3. The van der Waals surface area contributed by atoms with E-state index in [9.17, 15) is 5.26 Å². The fourth-order valence-corrected chi connectivity index (χ4v) is 3.12. The molecular formula is C15H28N2O2. The second-order valence-electron chi connectivity index (χ2n) is 6.66. The maximum atomic E-state index is 9.51. The van der Waals surface area contributed by atoms with E-state index in [0.29, 0.717) is 0 Å². The quantitative estimate of drug-likeness (QED) is 0.735. The zero-order valence-electron chi connectivity index (χ0n) is 13.4. The zero-order valence-corrected chi connectivity index (χ0v) is 13.4. The van der Waals surface area contributed by atoms with E-state index >= 15 is 0 Å². The van der Waals surface area contributed by atoms with Gasteiger partial charge in [0.25, 0.3) is 0 Å². The molecule has 0 aromatic heterocycles. The van der Waals surface area contributed by atoms with Gasteiger partial charge in [0, 0.05) is 12.6 Å². The van der Waals surface area contributed by atoms with Gasteiger partial charge >= 0.3 is 0 Å². The Morgan fingerprint density at radius 2 is 1.95 bits per heavy atom. The van der Waals surface area contributed by atoms with Crippen molar-refractivity contribution in [3.63, 3.8) is 0 Å². The Balaban J connectivity index is 3.09. The highest BCUT2D eigenvalue weighted by Crippen LogP contribution is 2.41. The van der Waals surface area contributed by atoms with E-state index in [2.05, 4.69) is 47.7 Å². The molecule has 0 aromatic carbocycles. The summed E-state index contributed by atoms with van der Waals surface area (Å²) in [7, 11) is 1.73. The summed E-state index contributed by atoms with van der Waals surface area (Å²) in [6.45, 7) is 12.5. The molecule has 1 heterocycles. The second kappa shape index (κ2) is 5.68. The molecule has 3 unspecified atom stereocenters. The standard InChI is InChI=1S/C15H28N2O2/c1-8-11(2)19-13-12(18-7)9-14(3,4)17(10-16)15(13,5)6/h11-13H,8-9H2,1-7H3. The fourth-order valence-electron chi connectivity index (χ4n) is 3.12. The van der Waals surface area contributed by atoms with E-state index in [4.69, 9.17) is 9.47 Å². The largest absolute Gasteiger partial charge is 0.379 e. The van der Waals surface area contributed by atoms with E-state index in [1.165, 1.54) is 0 Å². The highest BCUT2D eigenvalue weighted by Gasteiger charge is 2.53. The van der Waals surface area contributed by atoms with Gasteiger partial charge < -0.3 is 9.47 Å². The first-order valence-electron chi connectivity index (χ1n) is 7.09. The van der Waals surface area contributed by atoms with Crippen molar-refractivity contribution in [3.8, 4) is 6.19 Å². The molecular weight excluding hydrogens is 240 g/mol. The smallest absolute Gasteiger partial charge is 0.180 e. The highest BCUT2D eigenvalue weighted by molar-refractivity contribution is 5.11. The summed E-state index contributed by atoms with van der Waals surface area (Å²) < 4.78 is 11.8. The molecule has 1 fully saturated rings. The van der Waals surface area contributed by atoms with Crippen molar-refractivity contribution in [2.45, 2.75) is 83.8 Å². The number of rotatable bonds is 4. The van der Waals surface area contributed by atoms with Gasteiger partial charge in [-0.2, -0.15) is 5.26 Å². The van der Waals surface area contributed by atoms with Gasteiger partial charge in [-0.15, -0.1) is 0 Å². The van der Waals surface area contributed by atoms with Crippen molar-refractivity contribution in [3.05, 3.63) is 0 Å². The summed E-state index contributed by atoms with van der Waals surface area (Å²) >= 11 is 0. The molecule has 0 radical (unpaired) electrons. The molecule has 110 valence electrons. The Morgan fingerprint density at radius 1 is 1.37 bits per heavy atom. The second-order valence-corrected chi connectivity index (χ2v) is 6.66. The minimum atomic E-state index is -0.374. The Morgan fingerprint density at radius 3 is 2.37 bits per heavy atom. The molecule has 0 spiro atoms. The summed E-state index contributed by atoms with van der Waals surface area (Å²) in [4.78, 5) is 1.86. The molecule has 0 amide bonds. The summed E-state index contributed by atoms with van der Waals surface area (Å²) in [5.41, 5.74) is -0.588. The molecule has 0 saturated carbocycles. The number of methoxy groups -OCH3 is 1. The van der Waals surface area contributed by atoms with E-state index in [1.54, 1.807) is 7.11 Å². The molecule has 1 aliphatic heterocycles. The van der Waals surface area contributed by atoms with Crippen LogP contribution in [0.4, 0.5) is 0 Å². The lowest BCUT2D eigenvalue weighted by Crippen LogP contribution is -2.68. The van der Waals surface area contributed by atoms with Crippen molar-refractivity contribution in [2.75, 3.05) is 7.11 Å². The number of hydrogen-bond donors (Lipinski definition) is 0. The molecule has 19 heavy (non-hydrogen) atoms. The van der Waals surface area contributed by atoms with Crippen LogP contribution in [-0.4, -0.2) is 41.4 Å². The number of ether oxygens (including phenoxy) is 2. The summed E-state index contributed by atoms with van der Waals surface area (Å²) in [6, 6.07) is 0. The van der Waals surface area contributed by atoms with Crippen LogP contribution >= 0.6 is 0 Å². The lowest BCUT2D eigenvalue weighted by atomic mass is 9.76. The van der Waals surface area contributed by atoms with Gasteiger partial charge in [-0.1, -0.05) is 6.92 Å². The van der Waals surface area contributed by atoms with Gasteiger partial charge in [0.05, 0.1) is 17.7 Å². The molecule has 1 aliphatic rings. The van der Waals surface area contributed by atoms with Crippen LogP contribution in [-0.2, 0) is 9.47 Å². The fraction of sp³-hybridized carbons (Fsp3) is 0.933. The maximum Gasteiger partial charge on any atom is 0.180 e. The molecule has 0 aliphatic carbocycles. The molecule has 4 heteroatoms. The summed E-state index contributed by atoms with van der Waals surface area (Å²) in [6.07, 6.45) is 4.19. The minimum Gasteiger partial charge on any atom is -0.379 e. The van der Waals surface area contributed by atoms with E-state index < -0.39 is 0 Å². The monoisotopic (exact) mass is 268 g/mol. The molecule has 1 rings (SSSR count). The molecule has 0 bridgehead atoms. The van der Waals surface area contributed by atoms with Crippen molar-refractivity contribution >= 4 is 0 Å². The van der Waals surface area contributed by atoms with Gasteiger partial charge in [-0.25, -0.2) is 0 Å². The van der Waals surface area contributed by atoms with E-state index in [-0.39, 0.29) is 29.4 Å². The zero-order chi connectivity index (χ0) is 14.8. The first-order valence-corrected chi connectivity index (χ1v) is 7.09. The topological polar surface area (TPSA) is 45.5 Å². The molecule has 1 saturated heterocycles. The third kappa shape index (κ3) is 3.04. The van der Waals surface area contributed by atoms with Crippen molar-refractivity contribution < 1.29 is 9.47 Å². The average Bonchev–Trinajstić information content (AvgIpc) is 2.31. The predicted octanol–water partition coefficient (Wildman–Crippen LogP) is 2.93. The number of nitriles is 1. The molecule has 3 atom stereocenters. The van der Waals surface area contributed by atoms with Crippen LogP contribution in [0.1, 0.15) is 54.4 Å². The Labute approximate surface area is 117 Å². The Hall–Kier alpha value is -0.790. The highest BCUT2D eigenvalue weighted by atomic mass is 16.5. The van der Waals surface area contributed by atoms with Crippen LogP contribution in [0.25, 0.3) is 0 Å². The van der Waals surface area contributed by atoms with E-state index in [1.807, 2.05) is 4.90 Å². The molecule has 4 nitrogen and oxygen atoms in total. The van der Waals surface area contributed by atoms with Crippen LogP contribution in [0, 0.1) is 11.5 Å². The predicted molar refractivity (Wildman–Crippen MR) is 75.7 cm³/mol. The van der Waals surface area contributed by atoms with Crippen LogP contribution in [0.2, 0.25) is 0 Å². The van der Waals surface area contributed by atoms with Crippen LogP contribution in [0.5, 0.6) is 0 Å². The Kier molecular flexibility index (Phi) is 4.86. The lowest BCUT2D eigenvalue weighted by Gasteiger charge is -2.56. The van der Waals surface area contributed by atoms with Gasteiger partial charge in [0.2, 0.25) is 0 Å². The number of hydrogen-bond acceptors (Lipinski definition) is 4. The number of piperidine rings is 1. The van der Waals surface area contributed by atoms with Crippen LogP contribution in [0.15, 0.2) is 0 Å². The van der Waals surface area contributed by atoms with Gasteiger partial charge in [-0.05, 0) is 47.5 Å². The lowest BCUT2D eigenvalue weighted by molar-refractivity contribution is -0.188. The van der Waals surface area contributed by atoms with Crippen molar-refractivity contribution in [1.29, 1.82) is 5.26 Å². The minimum absolute atomic E-state index is 0.0172. The third-order valence-electron chi connectivity index (χ3n) is 4.27. The molecule has 0 N–H and O–H groups in total. The summed E-state index contributed by atoms with van der Waals surface area (Å²) in [5, 5.41) is 9.51. The normalized spacial score (nSPS) is 30.7. The van der Waals surface area contributed by atoms with Crippen molar-refractivity contribution in [1.82, 2.24) is 4.90 Å². The first-order chi connectivity index (χ1) is 8.70. The van der Waals surface area contributed by atoms with Crippen LogP contribution < -0.4 is 0 Å². The van der Waals surface area contributed by atoms with Gasteiger partial charge in [0.1, 0.15) is 6.10 Å². The van der Waals surface area contributed by atoms with Gasteiger partial charge in [0.15, 0.2) is 6.19 Å². The van der Waals surface area contributed by atoms with Crippen molar-refractivity contribution in [2.24, 2.45) is 0 Å². The SMILES string of the molecule is CCC(C)OC1C(OC)CC(C)(C)N(C#N)C1(C)C. The number of likely N-dealkylation sites (tertiary alicyclic amines) is 1. The maximum absolute atomic E-state index is 9.51. The Bertz CT molecular complexity index is 347. The third-order valence-corrected chi connectivity index (χ3v) is 4.27. The average molecular weight is 268 g/mol. The van der Waals surface area contributed by atoms with Gasteiger partial charge in [-0.3, -0.25) is 4.90 Å². The summed E-state index contributed by atoms with van der Waals surface area (Å²) in [5.74, 6) is 0. The molecule has 0 aromatic rings.